The average Bonchev–Trinajstić information content (AvgIpc) is 2.44. The average molecular weight is 268 g/mol. The van der Waals surface area contributed by atoms with E-state index in [4.69, 9.17) is 9.47 Å². The molecule has 4 atom stereocenters. The molecule has 0 unspecified atom stereocenters. The Kier molecular flexibility index (Phi) is 4.63. The molecular formula is C15H24O4. The van der Waals surface area contributed by atoms with Gasteiger partial charge in [0.1, 0.15) is 0 Å². The first-order valence-corrected chi connectivity index (χ1v) is 7.10. The van der Waals surface area contributed by atoms with Crippen molar-refractivity contribution in [3.05, 3.63) is 11.6 Å². The van der Waals surface area contributed by atoms with Gasteiger partial charge < -0.3 is 14.6 Å². The van der Waals surface area contributed by atoms with Crippen LogP contribution in [0.15, 0.2) is 11.6 Å². The van der Waals surface area contributed by atoms with Crippen LogP contribution in [0.5, 0.6) is 0 Å². The van der Waals surface area contributed by atoms with Crippen LogP contribution in [0.3, 0.4) is 0 Å². The Labute approximate surface area is 114 Å². The number of rotatable bonds is 3. The lowest BCUT2D eigenvalue weighted by Gasteiger charge is -2.45. The summed E-state index contributed by atoms with van der Waals surface area (Å²) in [6.07, 6.45) is 4.16. The molecule has 2 rings (SSSR count). The minimum Gasteiger partial charge on any atom is -0.466 e. The van der Waals surface area contributed by atoms with E-state index < -0.39 is 0 Å². The summed E-state index contributed by atoms with van der Waals surface area (Å²) in [4.78, 5) is 11.6. The molecule has 1 N–H and O–H groups in total. The predicted octanol–water partition coefficient (Wildman–Crippen LogP) is 1.78. The zero-order valence-electron chi connectivity index (χ0n) is 12.0. The smallest absolute Gasteiger partial charge is 0.335 e. The molecule has 0 aromatic rings. The van der Waals surface area contributed by atoms with Crippen LogP contribution in [0.25, 0.3) is 0 Å². The quantitative estimate of drug-likeness (QED) is 0.793. The fourth-order valence-corrected chi connectivity index (χ4v) is 3.48. The maximum Gasteiger partial charge on any atom is 0.335 e. The highest BCUT2D eigenvalue weighted by Gasteiger charge is 2.42. The van der Waals surface area contributed by atoms with E-state index in [1.54, 1.807) is 0 Å². The second-order valence-electron chi connectivity index (χ2n) is 5.96. The minimum absolute atomic E-state index is 0.0413. The zero-order valence-corrected chi connectivity index (χ0v) is 12.0. The molecular weight excluding hydrogens is 244 g/mol. The molecule has 2 aliphatic rings. The van der Waals surface area contributed by atoms with Gasteiger partial charge in [-0.15, -0.1) is 0 Å². The molecule has 1 aliphatic heterocycles. The summed E-state index contributed by atoms with van der Waals surface area (Å²) in [5.41, 5.74) is 0.619. The van der Waals surface area contributed by atoms with Crippen molar-refractivity contribution in [3.8, 4) is 0 Å². The van der Waals surface area contributed by atoms with Gasteiger partial charge in [-0.2, -0.15) is 0 Å². The molecule has 0 radical (unpaired) electrons. The molecule has 0 bridgehead atoms. The third kappa shape index (κ3) is 2.84. The van der Waals surface area contributed by atoms with Crippen molar-refractivity contribution in [1.82, 2.24) is 0 Å². The fraction of sp³-hybridized carbons (Fsp3) is 0.800. The number of esters is 1. The Bertz CT molecular complexity index is 361. The van der Waals surface area contributed by atoms with E-state index in [-0.39, 0.29) is 30.5 Å². The van der Waals surface area contributed by atoms with E-state index in [1.807, 2.05) is 6.08 Å². The Hall–Kier alpha value is -0.870. The van der Waals surface area contributed by atoms with Crippen molar-refractivity contribution in [2.75, 3.05) is 20.3 Å². The third-order valence-corrected chi connectivity index (χ3v) is 4.57. The summed E-state index contributed by atoms with van der Waals surface area (Å²) in [6.45, 7) is 4.88. The highest BCUT2D eigenvalue weighted by molar-refractivity contribution is 5.88. The molecule has 0 spiro atoms. The van der Waals surface area contributed by atoms with Crippen LogP contribution >= 0.6 is 0 Å². The second-order valence-corrected chi connectivity index (χ2v) is 5.96. The van der Waals surface area contributed by atoms with Gasteiger partial charge in [0.25, 0.3) is 0 Å². The van der Waals surface area contributed by atoms with E-state index in [2.05, 4.69) is 13.8 Å². The molecule has 4 nitrogen and oxygen atoms in total. The first-order chi connectivity index (χ1) is 9.08. The molecule has 0 aromatic heterocycles. The van der Waals surface area contributed by atoms with Crippen LogP contribution in [-0.2, 0) is 14.3 Å². The standard InChI is InChI=1S/C15H24O4/c1-9(2)12-5-4-10(7-16)14-13(12)6-11(8-19-14)15(17)18-3/h6,9-10,12-14,16H,4-5,7-8H2,1-3H3/t10-,12-,13-,14+/m1/s1. The maximum absolute atomic E-state index is 11.6. The Balaban J connectivity index is 2.24. The van der Waals surface area contributed by atoms with Crippen molar-refractivity contribution in [2.45, 2.75) is 32.8 Å². The normalized spacial score (nSPS) is 34.7. The lowest BCUT2D eigenvalue weighted by molar-refractivity contribution is -0.139. The first-order valence-electron chi connectivity index (χ1n) is 7.10. The van der Waals surface area contributed by atoms with E-state index in [0.717, 1.165) is 12.8 Å². The van der Waals surface area contributed by atoms with Crippen molar-refractivity contribution >= 4 is 5.97 Å². The van der Waals surface area contributed by atoms with Crippen molar-refractivity contribution in [2.24, 2.45) is 23.7 Å². The lowest BCUT2D eigenvalue weighted by Crippen LogP contribution is -2.46. The number of ether oxygens (including phenoxy) is 2. The molecule has 19 heavy (non-hydrogen) atoms. The van der Waals surface area contributed by atoms with Crippen LogP contribution < -0.4 is 0 Å². The molecule has 0 saturated heterocycles. The molecule has 1 heterocycles. The SMILES string of the molecule is COC(=O)C1=C[C@H]2[C@@H](OC1)[C@@H](CO)CC[C@@H]2C(C)C. The molecule has 0 amide bonds. The van der Waals surface area contributed by atoms with Crippen molar-refractivity contribution < 1.29 is 19.4 Å². The van der Waals surface area contributed by atoms with Gasteiger partial charge in [0.15, 0.2) is 0 Å². The zero-order chi connectivity index (χ0) is 14.0. The maximum atomic E-state index is 11.6. The van der Waals surface area contributed by atoms with Crippen LogP contribution in [0.2, 0.25) is 0 Å². The number of carbonyl (C=O) groups excluding carboxylic acids is 1. The van der Waals surface area contributed by atoms with Gasteiger partial charge in [0.05, 0.1) is 25.4 Å². The van der Waals surface area contributed by atoms with E-state index in [9.17, 15) is 9.90 Å². The van der Waals surface area contributed by atoms with Gasteiger partial charge in [-0.1, -0.05) is 19.9 Å². The number of fused-ring (bicyclic) bond motifs is 1. The summed E-state index contributed by atoms with van der Waals surface area (Å²) in [5, 5.41) is 9.48. The van der Waals surface area contributed by atoms with Crippen molar-refractivity contribution in [3.63, 3.8) is 0 Å². The number of carbonyl (C=O) groups is 1. The van der Waals surface area contributed by atoms with Crippen LogP contribution in [0, 0.1) is 23.7 Å². The molecule has 1 aliphatic carbocycles. The summed E-state index contributed by atoms with van der Waals surface area (Å²) in [5.74, 6) is 1.16. The van der Waals surface area contributed by atoms with E-state index in [1.165, 1.54) is 7.11 Å². The van der Waals surface area contributed by atoms with Crippen LogP contribution in [-0.4, -0.2) is 37.5 Å². The number of hydrogen-bond acceptors (Lipinski definition) is 4. The monoisotopic (exact) mass is 268 g/mol. The van der Waals surface area contributed by atoms with Gasteiger partial charge >= 0.3 is 5.97 Å². The topological polar surface area (TPSA) is 55.8 Å². The van der Waals surface area contributed by atoms with Crippen LogP contribution in [0.4, 0.5) is 0 Å². The predicted molar refractivity (Wildman–Crippen MR) is 71.5 cm³/mol. The highest BCUT2D eigenvalue weighted by Crippen LogP contribution is 2.42. The minimum atomic E-state index is -0.299. The third-order valence-electron chi connectivity index (χ3n) is 4.57. The molecule has 4 heteroatoms. The number of hydrogen-bond donors (Lipinski definition) is 1. The summed E-state index contributed by atoms with van der Waals surface area (Å²) in [7, 11) is 1.40. The second kappa shape index (κ2) is 6.06. The van der Waals surface area contributed by atoms with Gasteiger partial charge in [-0.3, -0.25) is 0 Å². The van der Waals surface area contributed by atoms with Gasteiger partial charge in [0.2, 0.25) is 0 Å². The molecule has 108 valence electrons. The largest absolute Gasteiger partial charge is 0.466 e. The van der Waals surface area contributed by atoms with E-state index in [0.29, 0.717) is 24.0 Å². The summed E-state index contributed by atoms with van der Waals surface area (Å²) in [6, 6.07) is 0. The van der Waals surface area contributed by atoms with Gasteiger partial charge in [0, 0.05) is 18.4 Å². The molecule has 0 aromatic carbocycles. The number of methoxy groups -OCH3 is 1. The number of aliphatic hydroxyl groups is 1. The van der Waals surface area contributed by atoms with Crippen molar-refractivity contribution in [1.29, 1.82) is 0 Å². The van der Waals surface area contributed by atoms with Gasteiger partial charge in [-0.05, 0) is 24.7 Å². The highest BCUT2D eigenvalue weighted by atomic mass is 16.5. The molecule has 1 fully saturated rings. The van der Waals surface area contributed by atoms with Gasteiger partial charge in [-0.25, -0.2) is 4.79 Å². The Morgan fingerprint density at radius 1 is 1.53 bits per heavy atom. The lowest BCUT2D eigenvalue weighted by atomic mass is 9.67. The summed E-state index contributed by atoms with van der Waals surface area (Å²) >= 11 is 0. The van der Waals surface area contributed by atoms with E-state index >= 15 is 0 Å². The van der Waals surface area contributed by atoms with Crippen LogP contribution in [0.1, 0.15) is 26.7 Å². The molecule has 1 saturated carbocycles. The fourth-order valence-electron chi connectivity index (χ4n) is 3.48. The summed E-state index contributed by atoms with van der Waals surface area (Å²) < 4.78 is 10.7. The Morgan fingerprint density at radius 3 is 2.84 bits per heavy atom. The Morgan fingerprint density at radius 2 is 2.26 bits per heavy atom. The first kappa shape index (κ1) is 14.5. The number of aliphatic hydroxyl groups excluding tert-OH is 1.